The van der Waals surface area contributed by atoms with E-state index in [2.05, 4.69) is 47.8 Å². The molecule has 0 saturated carbocycles. The molecule has 1 heterocycles. The number of nitrogens with zero attached hydrogens (tertiary/aromatic N) is 2. The summed E-state index contributed by atoms with van der Waals surface area (Å²) in [5, 5.41) is 37.7. The molecule has 5 rings (SSSR count). The predicted octanol–water partition coefficient (Wildman–Crippen LogP) is 2.05. The van der Waals surface area contributed by atoms with Gasteiger partial charge in [-0.25, -0.2) is 9.37 Å². The smallest absolute Gasteiger partial charge is 0.488 e. The van der Waals surface area contributed by atoms with Crippen LogP contribution < -0.4 is 43.3 Å². The molecule has 47 heavy (non-hydrogen) atoms. The number of carbonyl (C=O) groups is 1. The van der Waals surface area contributed by atoms with Gasteiger partial charge in [-0.15, -0.1) is 0 Å². The van der Waals surface area contributed by atoms with Crippen molar-refractivity contribution in [3.05, 3.63) is 89.8 Å². The van der Waals surface area contributed by atoms with E-state index >= 15 is 0 Å². The number of thiocarbonyl (C=S) groups is 1. The fraction of sp³-hybridized carbons (Fsp3) is 0.229. The third kappa shape index (κ3) is 7.60. The van der Waals surface area contributed by atoms with Crippen molar-refractivity contribution in [1.82, 2.24) is 4.58 Å². The lowest BCUT2D eigenvalue weighted by molar-refractivity contribution is -0.0000276. The highest BCUT2D eigenvalue weighted by Crippen LogP contribution is 2.43. The summed E-state index contributed by atoms with van der Waals surface area (Å²) in [6.45, 7) is 11.8. The summed E-state index contributed by atoms with van der Waals surface area (Å²) >= 11 is 5.56. The number of aromatic carboxylic acids is 1. The van der Waals surface area contributed by atoms with Gasteiger partial charge >= 0.3 is 13.1 Å². The standard InChI is InChI=1S/C35H37BN4O5S.ClH/c1-5-39(6-2)25-13-16-28-31(20-25)45-32-21-26(40(7-3)8-4)14-17-29(32)33(28)30-19-24(12-15-27(30)34(41)42)38-35(46)37-23-11-9-10-22(18-23)36(43)44;/h9-21,43-44H,5-8H2,1-4H3,(H2-,37,38,41,42,46);1H. The molecule has 1 aliphatic carbocycles. The molecule has 3 aromatic rings. The summed E-state index contributed by atoms with van der Waals surface area (Å²) < 4.78 is 8.81. The van der Waals surface area contributed by atoms with E-state index in [9.17, 15) is 19.9 Å². The Kier molecular flexibility index (Phi) is 11.6. The van der Waals surface area contributed by atoms with E-state index < -0.39 is 13.1 Å². The molecule has 5 N–H and O–H groups in total. The molecule has 2 aliphatic rings. The third-order valence-corrected chi connectivity index (χ3v) is 8.37. The quantitative estimate of drug-likeness (QED) is 0.0657. The number of nitrogens with one attached hydrogen (secondary N) is 2. The largest absolute Gasteiger partial charge is 1.00 e. The van der Waals surface area contributed by atoms with E-state index in [4.69, 9.17) is 16.6 Å². The minimum absolute atomic E-state index is 0. The van der Waals surface area contributed by atoms with E-state index in [0.717, 1.165) is 53.7 Å². The third-order valence-electron chi connectivity index (χ3n) is 8.17. The topological polar surface area (TPSA) is 121 Å². The van der Waals surface area contributed by atoms with Crippen LogP contribution >= 0.6 is 12.2 Å². The first-order valence-corrected chi connectivity index (χ1v) is 15.8. The maximum Gasteiger partial charge on any atom is 0.488 e. The molecule has 0 radical (unpaired) electrons. The molecule has 0 spiro atoms. The highest BCUT2D eigenvalue weighted by molar-refractivity contribution is 7.80. The first-order valence-electron chi connectivity index (χ1n) is 15.4. The monoisotopic (exact) mass is 672 g/mol. The SMILES string of the molecule is CCN(CC)c1ccc2c(-c3cc(NC(=S)Nc4cccc(B(O)O)c4)ccc3C(=O)O)c3ccc(=[N+](CC)CC)cc-3oc2c1.[Cl-]. The average molecular weight is 673 g/mol. The van der Waals surface area contributed by atoms with Crippen molar-refractivity contribution in [2.75, 3.05) is 41.7 Å². The maximum atomic E-state index is 12.6. The summed E-state index contributed by atoms with van der Waals surface area (Å²) in [6, 6.07) is 23.8. The summed E-state index contributed by atoms with van der Waals surface area (Å²) in [4.78, 5) is 14.9. The molecule has 0 aromatic heterocycles. The zero-order chi connectivity index (χ0) is 33.0. The van der Waals surface area contributed by atoms with Crippen molar-refractivity contribution in [2.24, 2.45) is 0 Å². The van der Waals surface area contributed by atoms with Crippen LogP contribution in [-0.4, -0.2) is 59.5 Å². The summed E-state index contributed by atoms with van der Waals surface area (Å²) in [7, 11) is -1.61. The number of benzene rings is 4. The average Bonchev–Trinajstić information content (AvgIpc) is 3.04. The van der Waals surface area contributed by atoms with Gasteiger partial charge in [-0.3, -0.25) is 0 Å². The number of carboxylic acid groups (broad SMARTS) is 1. The molecule has 0 bridgehead atoms. The fourth-order valence-electron chi connectivity index (χ4n) is 5.81. The first kappa shape index (κ1) is 35.4. The lowest BCUT2D eigenvalue weighted by Crippen LogP contribution is -3.00. The zero-order valence-electron chi connectivity index (χ0n) is 26.8. The van der Waals surface area contributed by atoms with Gasteiger partial charge in [-0.2, -0.15) is 0 Å². The first-order chi connectivity index (χ1) is 22.2. The molecule has 0 amide bonds. The van der Waals surface area contributed by atoms with Gasteiger partial charge in [0.1, 0.15) is 24.4 Å². The number of rotatable bonds is 10. The van der Waals surface area contributed by atoms with E-state index in [0.29, 0.717) is 33.7 Å². The van der Waals surface area contributed by atoms with Crippen LogP contribution in [0.2, 0.25) is 0 Å². The molecule has 0 fully saturated rings. The highest BCUT2D eigenvalue weighted by atomic mass is 35.5. The lowest BCUT2D eigenvalue weighted by Gasteiger charge is -2.23. The van der Waals surface area contributed by atoms with Crippen LogP contribution in [0.3, 0.4) is 0 Å². The van der Waals surface area contributed by atoms with Crippen molar-refractivity contribution in [3.8, 4) is 22.5 Å². The van der Waals surface area contributed by atoms with Crippen LogP contribution in [0.5, 0.6) is 0 Å². The Bertz CT molecular complexity index is 1950. The number of anilines is 3. The Labute approximate surface area is 286 Å². The van der Waals surface area contributed by atoms with Gasteiger partial charge in [-0.05, 0) is 99.5 Å². The second-order valence-electron chi connectivity index (χ2n) is 10.8. The van der Waals surface area contributed by atoms with Crippen molar-refractivity contribution in [1.29, 1.82) is 0 Å². The van der Waals surface area contributed by atoms with E-state index in [1.165, 1.54) is 0 Å². The van der Waals surface area contributed by atoms with Crippen LogP contribution in [0.4, 0.5) is 17.1 Å². The Morgan fingerprint density at radius 1 is 0.872 bits per heavy atom. The number of fused-ring (bicyclic) bond motifs is 2. The molecule has 0 saturated heterocycles. The highest BCUT2D eigenvalue weighted by Gasteiger charge is 2.23. The van der Waals surface area contributed by atoms with Gasteiger partial charge < -0.3 is 47.5 Å². The molecule has 1 aliphatic heterocycles. The van der Waals surface area contributed by atoms with Gasteiger partial charge in [0.15, 0.2) is 5.11 Å². The Balaban J connectivity index is 0.00000500. The lowest BCUT2D eigenvalue weighted by atomic mass is 9.80. The molecule has 3 aromatic carbocycles. The van der Waals surface area contributed by atoms with Crippen molar-refractivity contribution >= 4 is 63.9 Å². The molecule has 12 heteroatoms. The number of halogens is 1. The van der Waals surface area contributed by atoms with Crippen LogP contribution in [0, 0.1) is 0 Å². The van der Waals surface area contributed by atoms with E-state index in [1.54, 1.807) is 42.5 Å². The van der Waals surface area contributed by atoms with E-state index in [-0.39, 0.29) is 23.1 Å². The molecular weight excluding hydrogens is 635 g/mol. The number of hydrogen-bond acceptors (Lipinski definition) is 6. The van der Waals surface area contributed by atoms with Crippen LogP contribution in [0.15, 0.2) is 83.3 Å². The fourth-order valence-corrected chi connectivity index (χ4v) is 6.05. The normalized spacial score (nSPS) is 10.8. The zero-order valence-corrected chi connectivity index (χ0v) is 28.3. The van der Waals surface area contributed by atoms with Crippen molar-refractivity contribution in [2.45, 2.75) is 27.7 Å². The molecule has 0 unspecified atom stereocenters. The van der Waals surface area contributed by atoms with Crippen molar-refractivity contribution in [3.63, 3.8) is 0 Å². The number of hydrogen-bond donors (Lipinski definition) is 5. The second kappa shape index (κ2) is 15.4. The van der Waals surface area contributed by atoms with Crippen LogP contribution in [0.1, 0.15) is 38.1 Å². The minimum Gasteiger partial charge on any atom is -1.00 e. The molecule has 244 valence electrons. The van der Waals surface area contributed by atoms with Gasteiger partial charge in [0.25, 0.3) is 0 Å². The Morgan fingerprint density at radius 2 is 1.57 bits per heavy atom. The molecular formula is C35H38BClN4O5S. The van der Waals surface area contributed by atoms with Crippen LogP contribution in [0.25, 0.3) is 33.4 Å². The molecule has 9 nitrogen and oxygen atoms in total. The van der Waals surface area contributed by atoms with Gasteiger partial charge in [0.05, 0.1) is 11.6 Å². The van der Waals surface area contributed by atoms with Gasteiger partial charge in [-0.1, -0.05) is 12.1 Å². The Morgan fingerprint density at radius 3 is 2.21 bits per heavy atom. The maximum absolute atomic E-state index is 12.6. The minimum atomic E-state index is -1.61. The summed E-state index contributed by atoms with van der Waals surface area (Å²) in [5.41, 5.74) is 5.35. The second-order valence-corrected chi connectivity index (χ2v) is 11.2. The van der Waals surface area contributed by atoms with Gasteiger partial charge in [0, 0.05) is 58.8 Å². The predicted molar refractivity (Wildman–Crippen MR) is 191 cm³/mol. The van der Waals surface area contributed by atoms with Crippen molar-refractivity contribution < 1.29 is 36.8 Å². The Hall–Kier alpha value is -4.42. The summed E-state index contributed by atoms with van der Waals surface area (Å²) in [6.07, 6.45) is 0. The van der Waals surface area contributed by atoms with Crippen LogP contribution in [-0.2, 0) is 0 Å². The van der Waals surface area contributed by atoms with Gasteiger partial charge in [0.2, 0.25) is 5.36 Å². The molecule has 0 atom stereocenters. The summed E-state index contributed by atoms with van der Waals surface area (Å²) in [5.74, 6) is -0.398. The number of carboxylic acids is 1. The van der Waals surface area contributed by atoms with E-state index in [1.807, 2.05) is 36.4 Å².